The Morgan fingerprint density at radius 3 is 2.76 bits per heavy atom. The van der Waals surface area contributed by atoms with Crippen molar-refractivity contribution in [2.45, 2.75) is 31.8 Å². The number of halogens is 1. The summed E-state index contributed by atoms with van der Waals surface area (Å²) in [5, 5.41) is 4.20. The Labute approximate surface area is 107 Å². The summed E-state index contributed by atoms with van der Waals surface area (Å²) in [6.07, 6.45) is 2.10. The monoisotopic (exact) mass is 254 g/mol. The Balaban J connectivity index is 1.94. The van der Waals surface area contributed by atoms with E-state index >= 15 is 0 Å². The maximum atomic E-state index is 5.89. The molecule has 3 nitrogen and oxygen atoms in total. The van der Waals surface area contributed by atoms with Crippen molar-refractivity contribution < 1.29 is 4.74 Å². The highest BCUT2D eigenvalue weighted by Crippen LogP contribution is 2.22. The van der Waals surface area contributed by atoms with E-state index in [1.807, 2.05) is 18.2 Å². The van der Waals surface area contributed by atoms with E-state index in [0.717, 1.165) is 32.6 Å². The van der Waals surface area contributed by atoms with Gasteiger partial charge in [0.1, 0.15) is 0 Å². The minimum atomic E-state index is 0.173. The number of ether oxygens (including phenoxy) is 1. The fraction of sp³-hybridized carbons (Fsp3) is 0.538. The predicted molar refractivity (Wildman–Crippen MR) is 71.2 cm³/mol. The van der Waals surface area contributed by atoms with E-state index < -0.39 is 0 Å². The molecule has 0 bridgehead atoms. The molecule has 1 aromatic rings. The SMILES string of the molecule is CC1(NCc2ccc(Cl)c(N)c2)CCOCC1. The molecule has 0 spiro atoms. The summed E-state index contributed by atoms with van der Waals surface area (Å²) in [6.45, 7) is 4.74. The van der Waals surface area contributed by atoms with E-state index in [9.17, 15) is 0 Å². The second-order valence-electron chi connectivity index (χ2n) is 4.88. The van der Waals surface area contributed by atoms with Gasteiger partial charge in [0.05, 0.1) is 10.7 Å². The van der Waals surface area contributed by atoms with Crippen LogP contribution in [0.25, 0.3) is 0 Å². The maximum absolute atomic E-state index is 5.89. The first-order valence-corrected chi connectivity index (χ1v) is 6.34. The zero-order valence-corrected chi connectivity index (χ0v) is 10.9. The Morgan fingerprint density at radius 1 is 1.41 bits per heavy atom. The third-order valence-corrected chi connectivity index (χ3v) is 3.72. The number of hydrogen-bond acceptors (Lipinski definition) is 3. The topological polar surface area (TPSA) is 47.3 Å². The van der Waals surface area contributed by atoms with Gasteiger partial charge in [0.2, 0.25) is 0 Å². The molecule has 4 heteroatoms. The summed E-state index contributed by atoms with van der Waals surface area (Å²) < 4.78 is 5.37. The van der Waals surface area contributed by atoms with E-state index in [1.54, 1.807) is 0 Å². The first kappa shape index (κ1) is 12.7. The number of benzene rings is 1. The van der Waals surface area contributed by atoms with Gasteiger partial charge in [0, 0.05) is 25.3 Å². The van der Waals surface area contributed by atoms with Crippen LogP contribution in [0.3, 0.4) is 0 Å². The van der Waals surface area contributed by atoms with Gasteiger partial charge in [-0.2, -0.15) is 0 Å². The summed E-state index contributed by atoms with van der Waals surface area (Å²) in [4.78, 5) is 0. The Kier molecular flexibility index (Phi) is 3.92. The molecule has 17 heavy (non-hydrogen) atoms. The average molecular weight is 255 g/mol. The van der Waals surface area contributed by atoms with Gasteiger partial charge in [0.25, 0.3) is 0 Å². The first-order valence-electron chi connectivity index (χ1n) is 5.96. The number of anilines is 1. The van der Waals surface area contributed by atoms with Crippen LogP contribution in [0.2, 0.25) is 5.02 Å². The predicted octanol–water partition coefficient (Wildman–Crippen LogP) is 2.58. The van der Waals surface area contributed by atoms with E-state index in [1.165, 1.54) is 5.56 Å². The highest BCUT2D eigenvalue weighted by atomic mass is 35.5. The lowest BCUT2D eigenvalue weighted by molar-refractivity contribution is 0.0446. The van der Waals surface area contributed by atoms with Crippen LogP contribution < -0.4 is 11.1 Å². The highest BCUT2D eigenvalue weighted by molar-refractivity contribution is 6.33. The zero-order valence-electron chi connectivity index (χ0n) is 10.1. The van der Waals surface area contributed by atoms with Gasteiger partial charge in [0.15, 0.2) is 0 Å². The molecule has 3 N–H and O–H groups in total. The number of nitrogens with one attached hydrogen (secondary N) is 1. The molecule has 0 aromatic heterocycles. The molecule has 0 radical (unpaired) electrons. The van der Waals surface area contributed by atoms with Gasteiger partial charge in [-0.05, 0) is 37.5 Å². The minimum Gasteiger partial charge on any atom is -0.398 e. The lowest BCUT2D eigenvalue weighted by Crippen LogP contribution is -2.46. The van der Waals surface area contributed by atoms with Crippen molar-refractivity contribution in [3.63, 3.8) is 0 Å². The van der Waals surface area contributed by atoms with Gasteiger partial charge >= 0.3 is 0 Å². The van der Waals surface area contributed by atoms with Gasteiger partial charge in [-0.1, -0.05) is 17.7 Å². The average Bonchev–Trinajstić information content (AvgIpc) is 2.32. The van der Waals surface area contributed by atoms with Crippen LogP contribution in [-0.2, 0) is 11.3 Å². The van der Waals surface area contributed by atoms with Crippen molar-refractivity contribution in [2.24, 2.45) is 0 Å². The standard InChI is InChI=1S/C13H19ClN2O/c1-13(4-6-17-7-5-13)16-9-10-2-3-11(14)12(15)8-10/h2-3,8,16H,4-7,9,15H2,1H3. The molecule has 1 aliphatic heterocycles. The van der Waals surface area contributed by atoms with Crippen molar-refractivity contribution in [3.05, 3.63) is 28.8 Å². The van der Waals surface area contributed by atoms with Gasteiger partial charge in [-0.25, -0.2) is 0 Å². The summed E-state index contributed by atoms with van der Waals surface area (Å²) in [7, 11) is 0. The molecular weight excluding hydrogens is 236 g/mol. The molecule has 1 heterocycles. The molecule has 2 rings (SSSR count). The maximum Gasteiger partial charge on any atom is 0.0635 e. The molecule has 94 valence electrons. The number of nitrogens with two attached hydrogens (primary N) is 1. The molecule has 0 atom stereocenters. The second-order valence-corrected chi connectivity index (χ2v) is 5.29. The van der Waals surface area contributed by atoms with E-state index in [-0.39, 0.29) is 5.54 Å². The largest absolute Gasteiger partial charge is 0.398 e. The van der Waals surface area contributed by atoms with E-state index in [0.29, 0.717) is 10.7 Å². The molecule has 1 aliphatic rings. The van der Waals surface area contributed by atoms with E-state index in [2.05, 4.69) is 12.2 Å². The quantitative estimate of drug-likeness (QED) is 0.815. The van der Waals surface area contributed by atoms with Crippen LogP contribution in [0.1, 0.15) is 25.3 Å². The van der Waals surface area contributed by atoms with Gasteiger partial charge in [-0.3, -0.25) is 0 Å². The third-order valence-electron chi connectivity index (χ3n) is 3.38. The lowest BCUT2D eigenvalue weighted by atomic mass is 9.92. The van der Waals surface area contributed by atoms with Crippen molar-refractivity contribution in [1.82, 2.24) is 5.32 Å². The fourth-order valence-corrected chi connectivity index (χ4v) is 2.13. The third kappa shape index (κ3) is 3.35. The van der Waals surface area contributed by atoms with Crippen molar-refractivity contribution in [2.75, 3.05) is 18.9 Å². The smallest absolute Gasteiger partial charge is 0.0635 e. The summed E-state index contributed by atoms with van der Waals surface area (Å²) in [5.74, 6) is 0. The molecule has 1 fully saturated rings. The summed E-state index contributed by atoms with van der Waals surface area (Å²) in [6, 6.07) is 5.78. The summed E-state index contributed by atoms with van der Waals surface area (Å²) >= 11 is 5.89. The second kappa shape index (κ2) is 5.25. The van der Waals surface area contributed by atoms with Crippen LogP contribution >= 0.6 is 11.6 Å². The van der Waals surface area contributed by atoms with Gasteiger partial charge < -0.3 is 15.8 Å². The molecular formula is C13H19ClN2O. The highest BCUT2D eigenvalue weighted by Gasteiger charge is 2.26. The Bertz CT molecular complexity index is 389. The van der Waals surface area contributed by atoms with Crippen LogP contribution in [-0.4, -0.2) is 18.8 Å². The molecule has 1 aromatic carbocycles. The van der Waals surface area contributed by atoms with Crippen LogP contribution in [0.5, 0.6) is 0 Å². The number of nitrogen functional groups attached to an aromatic ring is 1. The number of rotatable bonds is 3. The summed E-state index contributed by atoms with van der Waals surface area (Å²) in [5.41, 5.74) is 7.76. The Morgan fingerprint density at radius 2 is 2.12 bits per heavy atom. The molecule has 0 aliphatic carbocycles. The van der Waals surface area contributed by atoms with E-state index in [4.69, 9.17) is 22.1 Å². The molecule has 1 saturated heterocycles. The van der Waals surface area contributed by atoms with Crippen LogP contribution in [0.4, 0.5) is 5.69 Å². The zero-order chi connectivity index (χ0) is 12.3. The molecule has 0 amide bonds. The Hall–Kier alpha value is -0.770. The normalized spacial score (nSPS) is 19.2. The van der Waals surface area contributed by atoms with Gasteiger partial charge in [-0.15, -0.1) is 0 Å². The fourth-order valence-electron chi connectivity index (χ4n) is 2.02. The van der Waals surface area contributed by atoms with Crippen molar-refractivity contribution in [3.8, 4) is 0 Å². The van der Waals surface area contributed by atoms with Crippen LogP contribution in [0.15, 0.2) is 18.2 Å². The molecule has 0 saturated carbocycles. The van der Waals surface area contributed by atoms with Crippen molar-refractivity contribution in [1.29, 1.82) is 0 Å². The molecule has 0 unspecified atom stereocenters. The lowest BCUT2D eigenvalue weighted by Gasteiger charge is -2.34. The van der Waals surface area contributed by atoms with Crippen molar-refractivity contribution >= 4 is 17.3 Å². The number of hydrogen-bond donors (Lipinski definition) is 2. The first-order chi connectivity index (χ1) is 8.09. The van der Waals surface area contributed by atoms with Crippen LogP contribution in [0, 0.1) is 0 Å². The minimum absolute atomic E-state index is 0.173.